The van der Waals surface area contributed by atoms with Gasteiger partial charge in [-0.1, -0.05) is 36.4 Å². The zero-order valence-electron chi connectivity index (χ0n) is 13.3. The molecule has 0 spiro atoms. The SMILES string of the molecule is Br.C=CCN1CCc2c(cc(O)c(O)c2Br)[C@@H](c2ccccc2)C1. The maximum atomic E-state index is 10.1. The zero-order chi connectivity index (χ0) is 16.4. The Hall–Kier alpha value is -1.30. The Bertz CT molecular complexity index is 719. The highest BCUT2D eigenvalue weighted by molar-refractivity contribution is 9.10. The number of phenolic OH excluding ortho intramolecular Hbond substituents is 2. The van der Waals surface area contributed by atoms with E-state index in [0.29, 0.717) is 4.47 Å². The first-order chi connectivity index (χ1) is 11.1. The van der Waals surface area contributed by atoms with E-state index in [0.717, 1.165) is 37.2 Å². The van der Waals surface area contributed by atoms with Crippen molar-refractivity contribution in [3.05, 3.63) is 70.2 Å². The van der Waals surface area contributed by atoms with Gasteiger partial charge in [-0.25, -0.2) is 0 Å². The molecule has 0 unspecified atom stereocenters. The molecule has 0 amide bonds. The van der Waals surface area contributed by atoms with Crippen molar-refractivity contribution >= 4 is 32.9 Å². The standard InChI is InChI=1S/C19H20BrNO2.BrH/c1-2-9-21-10-8-14-15(11-17(22)19(23)18(14)20)16(12-21)13-6-4-3-5-7-13;/h2-7,11,16,22-23H,1,8-10,12H2;1H/t16-;/m1./s1. The molecule has 0 aromatic heterocycles. The van der Waals surface area contributed by atoms with Crippen molar-refractivity contribution in [3.63, 3.8) is 0 Å². The predicted molar refractivity (Wildman–Crippen MR) is 106 cm³/mol. The molecule has 3 nitrogen and oxygen atoms in total. The lowest BCUT2D eigenvalue weighted by molar-refractivity contribution is 0.306. The van der Waals surface area contributed by atoms with E-state index in [2.05, 4.69) is 39.5 Å². The fourth-order valence-electron chi connectivity index (χ4n) is 3.29. The van der Waals surface area contributed by atoms with Crippen LogP contribution in [0, 0.1) is 0 Å². The van der Waals surface area contributed by atoms with Gasteiger partial charge < -0.3 is 10.2 Å². The number of nitrogens with zero attached hydrogens (tertiary/aromatic N) is 1. The third kappa shape index (κ3) is 3.68. The first-order valence-electron chi connectivity index (χ1n) is 7.73. The minimum absolute atomic E-state index is 0. The van der Waals surface area contributed by atoms with E-state index in [-0.39, 0.29) is 34.4 Å². The molecule has 0 radical (unpaired) electrons. The van der Waals surface area contributed by atoms with Crippen LogP contribution in [0.15, 0.2) is 53.5 Å². The van der Waals surface area contributed by atoms with E-state index < -0.39 is 0 Å². The van der Waals surface area contributed by atoms with Crippen LogP contribution in [0.25, 0.3) is 0 Å². The van der Waals surface area contributed by atoms with Crippen LogP contribution < -0.4 is 0 Å². The summed E-state index contributed by atoms with van der Waals surface area (Å²) in [4.78, 5) is 2.35. The van der Waals surface area contributed by atoms with Gasteiger partial charge in [0.25, 0.3) is 0 Å². The fraction of sp³-hybridized carbons (Fsp3) is 0.263. The van der Waals surface area contributed by atoms with E-state index in [4.69, 9.17) is 0 Å². The number of hydrogen-bond donors (Lipinski definition) is 2. The molecule has 0 fully saturated rings. The number of phenols is 2. The Morgan fingerprint density at radius 2 is 1.96 bits per heavy atom. The summed E-state index contributed by atoms with van der Waals surface area (Å²) in [6.45, 7) is 6.43. The van der Waals surface area contributed by atoms with Gasteiger partial charge >= 0.3 is 0 Å². The molecule has 128 valence electrons. The number of fused-ring (bicyclic) bond motifs is 1. The van der Waals surface area contributed by atoms with Gasteiger partial charge in [0.05, 0.1) is 4.47 Å². The molecule has 2 N–H and O–H groups in total. The fourth-order valence-corrected chi connectivity index (χ4v) is 3.92. The molecule has 1 aliphatic heterocycles. The van der Waals surface area contributed by atoms with E-state index in [1.54, 1.807) is 6.07 Å². The molecule has 3 rings (SSSR count). The van der Waals surface area contributed by atoms with Crippen molar-refractivity contribution < 1.29 is 10.2 Å². The molecule has 0 saturated carbocycles. The van der Waals surface area contributed by atoms with Gasteiger partial charge in [-0.05, 0) is 45.1 Å². The second kappa shape index (κ2) is 8.19. The van der Waals surface area contributed by atoms with Crippen molar-refractivity contribution in [2.24, 2.45) is 0 Å². The third-order valence-electron chi connectivity index (χ3n) is 4.44. The van der Waals surface area contributed by atoms with Crippen molar-refractivity contribution in [2.75, 3.05) is 19.6 Å². The van der Waals surface area contributed by atoms with Crippen LogP contribution in [0.3, 0.4) is 0 Å². The Labute approximate surface area is 161 Å². The highest BCUT2D eigenvalue weighted by Crippen LogP contribution is 2.43. The second-order valence-corrected chi connectivity index (χ2v) is 6.68. The summed E-state index contributed by atoms with van der Waals surface area (Å²) in [6, 6.07) is 12.0. The molecule has 2 aromatic carbocycles. The Balaban J connectivity index is 0.00000208. The van der Waals surface area contributed by atoms with Gasteiger partial charge in [-0.3, -0.25) is 4.90 Å². The maximum absolute atomic E-state index is 10.1. The van der Waals surface area contributed by atoms with Crippen LogP contribution in [-0.2, 0) is 6.42 Å². The summed E-state index contributed by atoms with van der Waals surface area (Å²) in [5, 5.41) is 20.1. The van der Waals surface area contributed by atoms with Crippen LogP contribution in [0.4, 0.5) is 0 Å². The van der Waals surface area contributed by atoms with Crippen molar-refractivity contribution in [1.29, 1.82) is 0 Å². The molecular formula is C19H21Br2NO2. The highest BCUT2D eigenvalue weighted by atomic mass is 79.9. The normalized spacial score (nSPS) is 17.5. The molecule has 2 aromatic rings. The number of halogens is 2. The van der Waals surface area contributed by atoms with Crippen LogP contribution in [-0.4, -0.2) is 34.7 Å². The highest BCUT2D eigenvalue weighted by Gasteiger charge is 2.27. The van der Waals surface area contributed by atoms with Crippen LogP contribution in [0.5, 0.6) is 11.5 Å². The summed E-state index contributed by atoms with van der Waals surface area (Å²) in [6.07, 6.45) is 2.74. The quantitative estimate of drug-likeness (QED) is 0.525. The maximum Gasteiger partial charge on any atom is 0.172 e. The molecule has 0 aliphatic carbocycles. The Kier molecular flexibility index (Phi) is 6.49. The number of aromatic hydroxyl groups is 2. The van der Waals surface area contributed by atoms with Crippen molar-refractivity contribution in [3.8, 4) is 11.5 Å². The van der Waals surface area contributed by atoms with Gasteiger partial charge in [0.15, 0.2) is 11.5 Å². The number of rotatable bonds is 3. The van der Waals surface area contributed by atoms with Crippen LogP contribution in [0.2, 0.25) is 0 Å². The van der Waals surface area contributed by atoms with E-state index in [1.165, 1.54) is 5.56 Å². The second-order valence-electron chi connectivity index (χ2n) is 5.89. The molecule has 1 aliphatic rings. The summed E-state index contributed by atoms with van der Waals surface area (Å²) < 4.78 is 0.605. The lowest BCUT2D eigenvalue weighted by Gasteiger charge is -2.24. The average Bonchev–Trinajstić information content (AvgIpc) is 2.74. The van der Waals surface area contributed by atoms with Gasteiger partial charge in [0, 0.05) is 25.6 Å². The third-order valence-corrected chi connectivity index (χ3v) is 5.29. The van der Waals surface area contributed by atoms with Gasteiger partial charge in [-0.2, -0.15) is 0 Å². The molecule has 1 heterocycles. The minimum atomic E-state index is -0.0762. The molecule has 5 heteroatoms. The topological polar surface area (TPSA) is 43.7 Å². The van der Waals surface area contributed by atoms with E-state index >= 15 is 0 Å². The summed E-state index contributed by atoms with van der Waals surface area (Å²) in [7, 11) is 0. The van der Waals surface area contributed by atoms with Crippen LogP contribution in [0.1, 0.15) is 22.6 Å². The van der Waals surface area contributed by atoms with Gasteiger partial charge in [0.1, 0.15) is 0 Å². The minimum Gasteiger partial charge on any atom is -0.504 e. The molecule has 0 bridgehead atoms. The first-order valence-corrected chi connectivity index (χ1v) is 8.52. The molecule has 1 atom stereocenters. The Morgan fingerprint density at radius 1 is 1.25 bits per heavy atom. The summed E-state index contributed by atoms with van der Waals surface area (Å²) in [5.41, 5.74) is 3.35. The molecule has 0 saturated heterocycles. The van der Waals surface area contributed by atoms with Crippen molar-refractivity contribution in [1.82, 2.24) is 4.90 Å². The van der Waals surface area contributed by atoms with Gasteiger partial charge in [0.2, 0.25) is 0 Å². The van der Waals surface area contributed by atoms with Crippen molar-refractivity contribution in [2.45, 2.75) is 12.3 Å². The largest absolute Gasteiger partial charge is 0.504 e. The lowest BCUT2D eigenvalue weighted by atomic mass is 9.87. The zero-order valence-corrected chi connectivity index (χ0v) is 16.6. The lowest BCUT2D eigenvalue weighted by Crippen LogP contribution is -2.28. The monoisotopic (exact) mass is 453 g/mol. The first kappa shape index (κ1) is 19.0. The summed E-state index contributed by atoms with van der Waals surface area (Å²) in [5.74, 6) is -0.00194. The molecular weight excluding hydrogens is 434 g/mol. The van der Waals surface area contributed by atoms with E-state index in [1.807, 2.05) is 24.3 Å². The van der Waals surface area contributed by atoms with Gasteiger partial charge in [-0.15, -0.1) is 23.6 Å². The Morgan fingerprint density at radius 3 is 2.62 bits per heavy atom. The summed E-state index contributed by atoms with van der Waals surface area (Å²) >= 11 is 3.46. The smallest absolute Gasteiger partial charge is 0.172 e. The van der Waals surface area contributed by atoms with Crippen LogP contribution >= 0.6 is 32.9 Å². The van der Waals surface area contributed by atoms with E-state index in [9.17, 15) is 10.2 Å². The predicted octanol–water partition coefficient (Wildman–Crippen LogP) is 4.61. The average molecular weight is 455 g/mol. The number of hydrogen-bond acceptors (Lipinski definition) is 3. The number of benzene rings is 2. The molecule has 24 heavy (non-hydrogen) atoms.